The molecular formula is C14H16ClN3O2. The van der Waals surface area contributed by atoms with E-state index in [-0.39, 0.29) is 17.8 Å². The average Bonchev–Trinajstić information content (AvgIpc) is 2.42. The minimum atomic E-state index is -1.00. The molecule has 0 bridgehead atoms. The van der Waals surface area contributed by atoms with Crippen LogP contribution in [0.25, 0.3) is 0 Å². The van der Waals surface area contributed by atoms with Crippen LogP contribution in [0, 0.1) is 5.41 Å². The first-order chi connectivity index (χ1) is 9.51. The molecule has 0 aromatic heterocycles. The largest absolute Gasteiger partial charge is 0.295 e. The molecule has 0 saturated carbocycles. The smallest absolute Gasteiger partial charge is 0.242 e. The summed E-state index contributed by atoms with van der Waals surface area (Å²) < 4.78 is 0. The number of rotatable bonds is 3. The van der Waals surface area contributed by atoms with Gasteiger partial charge in [-0.1, -0.05) is 25.4 Å². The monoisotopic (exact) mass is 293 g/mol. The Labute approximate surface area is 122 Å². The number of halogens is 1. The van der Waals surface area contributed by atoms with Crippen LogP contribution in [0.5, 0.6) is 0 Å². The Kier molecular flexibility index (Phi) is 4.09. The van der Waals surface area contributed by atoms with Gasteiger partial charge in [0.15, 0.2) is 0 Å². The Morgan fingerprint density at radius 3 is 2.00 bits per heavy atom. The number of carbonyl (C=O) groups excluding carboxylic acids is 2. The highest BCUT2D eigenvalue weighted by atomic mass is 35.5. The number of aliphatic imine (C=N–C) groups is 1. The van der Waals surface area contributed by atoms with E-state index >= 15 is 0 Å². The Morgan fingerprint density at radius 2 is 1.55 bits per heavy atom. The number of nitrogens with one attached hydrogen (secondary N) is 2. The van der Waals surface area contributed by atoms with Crippen molar-refractivity contribution in [3.8, 4) is 0 Å². The van der Waals surface area contributed by atoms with Gasteiger partial charge in [0, 0.05) is 5.02 Å². The summed E-state index contributed by atoms with van der Waals surface area (Å²) in [5.74, 6) is -0.460. The van der Waals surface area contributed by atoms with Crippen LogP contribution in [0.4, 0.5) is 5.69 Å². The van der Waals surface area contributed by atoms with Gasteiger partial charge in [0.1, 0.15) is 5.41 Å². The van der Waals surface area contributed by atoms with E-state index in [1.807, 2.05) is 13.8 Å². The Bertz CT molecular complexity index is 540. The van der Waals surface area contributed by atoms with E-state index in [1.54, 1.807) is 24.3 Å². The summed E-state index contributed by atoms with van der Waals surface area (Å²) in [6.45, 7) is 3.65. The minimum absolute atomic E-state index is 0.153. The van der Waals surface area contributed by atoms with Crippen LogP contribution >= 0.6 is 11.6 Å². The molecule has 0 unspecified atom stereocenters. The molecule has 20 heavy (non-hydrogen) atoms. The third kappa shape index (κ3) is 2.54. The molecule has 106 valence electrons. The molecule has 1 aromatic rings. The number of guanidine groups is 1. The number of benzene rings is 1. The lowest BCUT2D eigenvalue weighted by Crippen LogP contribution is -2.62. The Hall–Kier alpha value is -1.88. The van der Waals surface area contributed by atoms with Gasteiger partial charge in [0.25, 0.3) is 0 Å². The van der Waals surface area contributed by atoms with E-state index < -0.39 is 5.41 Å². The summed E-state index contributed by atoms with van der Waals surface area (Å²) in [6, 6.07) is 6.79. The van der Waals surface area contributed by atoms with E-state index in [9.17, 15) is 9.59 Å². The van der Waals surface area contributed by atoms with Gasteiger partial charge in [-0.25, -0.2) is 4.99 Å². The van der Waals surface area contributed by atoms with Crippen molar-refractivity contribution in [3.05, 3.63) is 29.3 Å². The lowest BCUT2D eigenvalue weighted by Gasteiger charge is -2.33. The summed E-state index contributed by atoms with van der Waals surface area (Å²) in [7, 11) is 0. The van der Waals surface area contributed by atoms with Gasteiger partial charge in [-0.2, -0.15) is 0 Å². The Morgan fingerprint density at radius 1 is 1.05 bits per heavy atom. The van der Waals surface area contributed by atoms with E-state index in [0.717, 1.165) is 0 Å². The maximum Gasteiger partial charge on any atom is 0.242 e. The van der Waals surface area contributed by atoms with Crippen LogP contribution in [-0.4, -0.2) is 17.8 Å². The van der Waals surface area contributed by atoms with Crippen LogP contribution in [0.1, 0.15) is 26.7 Å². The molecule has 5 nitrogen and oxygen atoms in total. The first-order valence-corrected chi connectivity index (χ1v) is 6.87. The van der Waals surface area contributed by atoms with Crippen LogP contribution in [-0.2, 0) is 9.59 Å². The standard InChI is InChI=1S/C14H16ClN3O2/c1-3-14(4-2)11(19)17-13(18-12(14)20)16-10-7-5-9(15)6-8-10/h5-8H,3-4H2,1-2H3,(H2,16,17,18,19,20). The van der Waals surface area contributed by atoms with Crippen molar-refractivity contribution in [2.75, 3.05) is 0 Å². The van der Waals surface area contributed by atoms with E-state index in [1.165, 1.54) is 0 Å². The van der Waals surface area contributed by atoms with Gasteiger partial charge in [0.05, 0.1) is 5.69 Å². The zero-order valence-corrected chi connectivity index (χ0v) is 12.1. The van der Waals surface area contributed by atoms with Crippen molar-refractivity contribution in [1.82, 2.24) is 10.6 Å². The third-order valence-corrected chi connectivity index (χ3v) is 3.86. The minimum Gasteiger partial charge on any atom is -0.295 e. The van der Waals surface area contributed by atoms with Crippen LogP contribution in [0.2, 0.25) is 5.02 Å². The molecule has 0 spiro atoms. The van der Waals surface area contributed by atoms with Gasteiger partial charge in [0.2, 0.25) is 17.8 Å². The molecule has 1 aromatic carbocycles. The van der Waals surface area contributed by atoms with Gasteiger partial charge >= 0.3 is 0 Å². The highest BCUT2D eigenvalue weighted by Crippen LogP contribution is 2.29. The van der Waals surface area contributed by atoms with Crippen molar-refractivity contribution in [3.63, 3.8) is 0 Å². The van der Waals surface area contributed by atoms with Crippen molar-refractivity contribution < 1.29 is 9.59 Å². The zero-order chi connectivity index (χ0) is 14.8. The van der Waals surface area contributed by atoms with Crippen LogP contribution in [0.15, 0.2) is 29.3 Å². The second-order valence-corrected chi connectivity index (χ2v) is 5.07. The second kappa shape index (κ2) is 5.63. The fourth-order valence-corrected chi connectivity index (χ4v) is 2.31. The molecule has 0 aliphatic carbocycles. The predicted octanol–water partition coefficient (Wildman–Crippen LogP) is 2.38. The maximum absolute atomic E-state index is 12.2. The molecule has 0 atom stereocenters. The SMILES string of the molecule is CCC1(CC)C(=O)NC(=Nc2ccc(Cl)cc2)NC1=O. The summed E-state index contributed by atoms with van der Waals surface area (Å²) >= 11 is 5.79. The first kappa shape index (κ1) is 14.5. The summed E-state index contributed by atoms with van der Waals surface area (Å²) in [5.41, 5.74) is -0.399. The highest BCUT2D eigenvalue weighted by molar-refractivity contribution is 6.30. The molecule has 0 radical (unpaired) electrons. The highest BCUT2D eigenvalue weighted by Gasteiger charge is 2.46. The van der Waals surface area contributed by atoms with Gasteiger partial charge in [-0.15, -0.1) is 0 Å². The fourth-order valence-electron chi connectivity index (χ4n) is 2.18. The average molecular weight is 294 g/mol. The van der Waals surface area contributed by atoms with Crippen molar-refractivity contribution in [1.29, 1.82) is 0 Å². The van der Waals surface area contributed by atoms with E-state index in [2.05, 4.69) is 15.6 Å². The third-order valence-electron chi connectivity index (χ3n) is 3.61. The normalized spacial score (nSPS) is 17.4. The maximum atomic E-state index is 12.2. The van der Waals surface area contributed by atoms with Crippen LogP contribution in [0.3, 0.4) is 0 Å². The summed E-state index contributed by atoms with van der Waals surface area (Å²) in [6.07, 6.45) is 0.908. The number of hydrogen-bond donors (Lipinski definition) is 2. The topological polar surface area (TPSA) is 70.6 Å². The molecule has 6 heteroatoms. The lowest BCUT2D eigenvalue weighted by atomic mass is 9.79. The predicted molar refractivity (Wildman–Crippen MR) is 77.8 cm³/mol. The van der Waals surface area contributed by atoms with Gasteiger partial charge in [-0.3, -0.25) is 20.2 Å². The van der Waals surface area contributed by atoms with Gasteiger partial charge in [-0.05, 0) is 37.1 Å². The fraction of sp³-hybridized carbons (Fsp3) is 0.357. The van der Waals surface area contributed by atoms with E-state index in [4.69, 9.17) is 11.6 Å². The second-order valence-electron chi connectivity index (χ2n) is 4.63. The first-order valence-electron chi connectivity index (χ1n) is 6.49. The molecule has 2 amide bonds. The summed E-state index contributed by atoms with van der Waals surface area (Å²) in [4.78, 5) is 28.5. The quantitative estimate of drug-likeness (QED) is 0.840. The van der Waals surface area contributed by atoms with Crippen molar-refractivity contribution >= 4 is 35.1 Å². The molecule has 1 heterocycles. The number of carbonyl (C=O) groups is 2. The zero-order valence-electron chi connectivity index (χ0n) is 11.4. The lowest BCUT2D eigenvalue weighted by molar-refractivity contribution is -0.144. The molecular weight excluding hydrogens is 278 g/mol. The molecule has 1 aliphatic rings. The van der Waals surface area contributed by atoms with Gasteiger partial charge < -0.3 is 0 Å². The molecule has 1 fully saturated rings. The Balaban J connectivity index is 2.25. The number of nitrogens with zero attached hydrogens (tertiary/aromatic N) is 1. The van der Waals surface area contributed by atoms with Crippen molar-refractivity contribution in [2.24, 2.45) is 10.4 Å². The van der Waals surface area contributed by atoms with Crippen LogP contribution < -0.4 is 10.6 Å². The molecule has 2 N–H and O–H groups in total. The summed E-state index contributed by atoms with van der Waals surface area (Å²) in [5, 5.41) is 5.90. The molecule has 1 saturated heterocycles. The number of amides is 2. The number of hydrogen-bond acceptors (Lipinski definition) is 3. The van der Waals surface area contributed by atoms with Crippen molar-refractivity contribution in [2.45, 2.75) is 26.7 Å². The molecule has 2 rings (SSSR count). The van der Waals surface area contributed by atoms with E-state index in [0.29, 0.717) is 23.6 Å². The molecule has 1 aliphatic heterocycles.